The monoisotopic (exact) mass is 390 g/mol. The van der Waals surface area contributed by atoms with Crippen LogP contribution in [0.2, 0.25) is 0 Å². The molecule has 1 aliphatic heterocycles. The highest BCUT2D eigenvalue weighted by Crippen LogP contribution is 2.32. The van der Waals surface area contributed by atoms with E-state index in [2.05, 4.69) is 15.7 Å². The average Bonchev–Trinajstić information content (AvgIpc) is 3.13. The maximum atomic E-state index is 12.9. The van der Waals surface area contributed by atoms with Crippen molar-refractivity contribution in [3.8, 4) is 11.4 Å². The Bertz CT molecular complexity index is 1100. The minimum atomic E-state index is -0.540. The highest BCUT2D eigenvalue weighted by Gasteiger charge is 2.24. The van der Waals surface area contributed by atoms with Gasteiger partial charge in [-0.25, -0.2) is 4.68 Å². The van der Waals surface area contributed by atoms with Gasteiger partial charge in [-0.15, -0.1) is 0 Å². The van der Waals surface area contributed by atoms with Crippen molar-refractivity contribution in [2.45, 2.75) is 33.3 Å². The van der Waals surface area contributed by atoms with Crippen LogP contribution in [0.25, 0.3) is 5.69 Å². The van der Waals surface area contributed by atoms with Crippen molar-refractivity contribution in [2.75, 3.05) is 10.6 Å². The molecule has 1 aromatic heterocycles. The number of carbonyl (C=O) groups is 2. The van der Waals surface area contributed by atoms with E-state index in [0.29, 0.717) is 29.1 Å². The normalized spacial score (nSPS) is 15.3. The van der Waals surface area contributed by atoms with Crippen molar-refractivity contribution in [1.82, 2.24) is 9.78 Å². The molecule has 2 heterocycles. The number of aromatic nitrogens is 2. The van der Waals surface area contributed by atoms with E-state index in [1.165, 1.54) is 0 Å². The number of para-hydroxylation sites is 1. The molecule has 0 saturated carbocycles. The molecular formula is C22H22N4O3. The number of hydrogen-bond acceptors (Lipinski definition) is 4. The first kappa shape index (κ1) is 18.7. The van der Waals surface area contributed by atoms with Gasteiger partial charge in [-0.1, -0.05) is 25.1 Å². The fourth-order valence-corrected chi connectivity index (χ4v) is 3.40. The number of amides is 2. The molecule has 0 aliphatic carbocycles. The summed E-state index contributed by atoms with van der Waals surface area (Å²) in [5, 5.41) is 10.1. The zero-order valence-corrected chi connectivity index (χ0v) is 16.5. The first-order chi connectivity index (χ1) is 14.0. The highest BCUT2D eigenvalue weighted by molar-refractivity contribution is 6.06. The second kappa shape index (κ2) is 7.43. The van der Waals surface area contributed by atoms with Crippen LogP contribution >= 0.6 is 0 Å². The van der Waals surface area contributed by atoms with Crippen LogP contribution in [0.15, 0.2) is 48.7 Å². The SMILES string of the molecule is CCc1c(C(=O)Nc2ccc3c(c2)NC(=O)C(C)O3)cnn1-c1ccccc1C. The molecule has 0 saturated heterocycles. The number of ether oxygens (including phenoxy) is 1. The van der Waals surface area contributed by atoms with Crippen molar-refractivity contribution >= 4 is 23.2 Å². The lowest BCUT2D eigenvalue weighted by molar-refractivity contribution is -0.122. The van der Waals surface area contributed by atoms with Gasteiger partial charge in [0, 0.05) is 5.69 Å². The van der Waals surface area contributed by atoms with E-state index >= 15 is 0 Å². The lowest BCUT2D eigenvalue weighted by atomic mass is 10.1. The Labute approximate surface area is 168 Å². The number of anilines is 2. The zero-order chi connectivity index (χ0) is 20.5. The van der Waals surface area contributed by atoms with Crippen molar-refractivity contribution in [3.05, 3.63) is 65.5 Å². The van der Waals surface area contributed by atoms with Gasteiger partial charge < -0.3 is 15.4 Å². The van der Waals surface area contributed by atoms with E-state index in [1.54, 1.807) is 31.3 Å². The van der Waals surface area contributed by atoms with E-state index in [1.807, 2.05) is 42.8 Å². The zero-order valence-electron chi connectivity index (χ0n) is 16.5. The van der Waals surface area contributed by atoms with E-state index in [4.69, 9.17) is 4.74 Å². The smallest absolute Gasteiger partial charge is 0.265 e. The first-order valence-corrected chi connectivity index (χ1v) is 9.53. The maximum Gasteiger partial charge on any atom is 0.265 e. The van der Waals surface area contributed by atoms with Crippen LogP contribution in [-0.2, 0) is 11.2 Å². The molecule has 29 heavy (non-hydrogen) atoms. The predicted molar refractivity (Wildman–Crippen MR) is 111 cm³/mol. The summed E-state index contributed by atoms with van der Waals surface area (Å²) in [7, 11) is 0. The first-order valence-electron chi connectivity index (χ1n) is 9.53. The Kier molecular flexibility index (Phi) is 4.80. The summed E-state index contributed by atoms with van der Waals surface area (Å²) < 4.78 is 7.36. The molecule has 7 heteroatoms. The van der Waals surface area contributed by atoms with Gasteiger partial charge in [0.15, 0.2) is 6.10 Å². The van der Waals surface area contributed by atoms with Crippen molar-refractivity contribution in [3.63, 3.8) is 0 Å². The van der Waals surface area contributed by atoms with E-state index in [9.17, 15) is 9.59 Å². The Balaban J connectivity index is 1.61. The molecule has 3 aromatic rings. The number of nitrogens with zero attached hydrogens (tertiary/aromatic N) is 2. The van der Waals surface area contributed by atoms with Crippen molar-refractivity contribution in [1.29, 1.82) is 0 Å². The Morgan fingerprint density at radius 1 is 1.28 bits per heavy atom. The lowest BCUT2D eigenvalue weighted by Gasteiger charge is -2.23. The average molecular weight is 390 g/mol. The quantitative estimate of drug-likeness (QED) is 0.711. The van der Waals surface area contributed by atoms with Crippen LogP contribution in [-0.4, -0.2) is 27.7 Å². The number of hydrogen-bond donors (Lipinski definition) is 2. The Morgan fingerprint density at radius 2 is 2.07 bits per heavy atom. The van der Waals surface area contributed by atoms with E-state index in [0.717, 1.165) is 16.9 Å². The number of nitrogens with one attached hydrogen (secondary N) is 2. The minimum absolute atomic E-state index is 0.214. The molecule has 1 unspecified atom stereocenters. The van der Waals surface area contributed by atoms with Gasteiger partial charge in [0.25, 0.3) is 11.8 Å². The van der Waals surface area contributed by atoms with Crippen molar-refractivity contribution < 1.29 is 14.3 Å². The van der Waals surface area contributed by atoms with Gasteiger partial charge in [-0.3, -0.25) is 9.59 Å². The molecule has 0 spiro atoms. The highest BCUT2D eigenvalue weighted by atomic mass is 16.5. The third kappa shape index (κ3) is 3.47. The number of rotatable bonds is 4. The second-order valence-corrected chi connectivity index (χ2v) is 6.97. The van der Waals surface area contributed by atoms with Gasteiger partial charge >= 0.3 is 0 Å². The number of benzene rings is 2. The molecular weight excluding hydrogens is 368 g/mol. The summed E-state index contributed by atoms with van der Waals surface area (Å²) in [5.74, 6) is 0.114. The van der Waals surface area contributed by atoms with E-state index < -0.39 is 6.10 Å². The summed E-state index contributed by atoms with van der Waals surface area (Å²) in [5.41, 5.74) is 4.49. The third-order valence-corrected chi connectivity index (χ3v) is 4.96. The molecule has 7 nitrogen and oxygen atoms in total. The Morgan fingerprint density at radius 3 is 2.83 bits per heavy atom. The maximum absolute atomic E-state index is 12.9. The minimum Gasteiger partial charge on any atom is -0.479 e. The van der Waals surface area contributed by atoms with Gasteiger partial charge in [-0.05, 0) is 50.1 Å². The van der Waals surface area contributed by atoms with E-state index in [-0.39, 0.29) is 11.8 Å². The summed E-state index contributed by atoms with van der Waals surface area (Å²) >= 11 is 0. The van der Waals surface area contributed by atoms with Crippen LogP contribution in [0.5, 0.6) is 5.75 Å². The summed E-state index contributed by atoms with van der Waals surface area (Å²) in [6.07, 6.45) is 1.71. The molecule has 0 radical (unpaired) electrons. The van der Waals surface area contributed by atoms with Crippen LogP contribution < -0.4 is 15.4 Å². The number of aryl methyl sites for hydroxylation is 1. The van der Waals surface area contributed by atoms with Crippen LogP contribution in [0.4, 0.5) is 11.4 Å². The molecule has 0 fully saturated rings. The van der Waals surface area contributed by atoms with Crippen LogP contribution in [0.1, 0.15) is 35.5 Å². The van der Waals surface area contributed by atoms with Gasteiger partial charge in [0.1, 0.15) is 5.75 Å². The molecule has 2 N–H and O–H groups in total. The van der Waals surface area contributed by atoms with Crippen LogP contribution in [0, 0.1) is 6.92 Å². The molecule has 2 amide bonds. The molecule has 0 bridgehead atoms. The second-order valence-electron chi connectivity index (χ2n) is 6.97. The van der Waals surface area contributed by atoms with Gasteiger partial charge in [-0.2, -0.15) is 5.10 Å². The fraction of sp³-hybridized carbons (Fsp3) is 0.227. The number of fused-ring (bicyclic) bond motifs is 1. The lowest BCUT2D eigenvalue weighted by Crippen LogP contribution is -2.34. The number of carbonyl (C=O) groups excluding carboxylic acids is 2. The standard InChI is InChI=1S/C22H22N4O3/c1-4-18-16(12-23-26(18)19-8-6-5-7-13(19)2)22(28)24-15-9-10-20-17(11-15)25-21(27)14(3)29-20/h5-12,14H,4H2,1-3H3,(H,24,28)(H,25,27). The van der Waals surface area contributed by atoms with Gasteiger partial charge in [0.2, 0.25) is 0 Å². The molecule has 2 aromatic carbocycles. The van der Waals surface area contributed by atoms with Crippen molar-refractivity contribution in [2.24, 2.45) is 0 Å². The molecule has 1 aliphatic rings. The topological polar surface area (TPSA) is 85.2 Å². The molecule has 4 rings (SSSR count). The molecule has 148 valence electrons. The van der Waals surface area contributed by atoms with Gasteiger partial charge in [0.05, 0.1) is 28.8 Å². The molecule has 1 atom stereocenters. The third-order valence-electron chi connectivity index (χ3n) is 4.96. The van der Waals surface area contributed by atoms with Crippen LogP contribution in [0.3, 0.4) is 0 Å². The fourth-order valence-electron chi connectivity index (χ4n) is 3.40. The summed E-state index contributed by atoms with van der Waals surface area (Å²) in [4.78, 5) is 24.8. The summed E-state index contributed by atoms with van der Waals surface area (Å²) in [6.45, 7) is 5.70. The summed E-state index contributed by atoms with van der Waals surface area (Å²) in [6, 6.07) is 13.1. The Hall–Kier alpha value is -3.61. The predicted octanol–water partition coefficient (Wildman–Crippen LogP) is 3.71. The largest absolute Gasteiger partial charge is 0.479 e.